The Bertz CT molecular complexity index is 879. The number of pyridine rings is 1. The number of H-pyrrole nitrogens is 2. The highest BCUT2D eigenvalue weighted by Crippen LogP contribution is 2.19. The zero-order valence-electron chi connectivity index (χ0n) is 12.3. The van der Waals surface area contributed by atoms with E-state index in [2.05, 4.69) is 25.8 Å². The van der Waals surface area contributed by atoms with Crippen molar-refractivity contribution in [1.82, 2.24) is 15.0 Å². The molecule has 0 unspecified atom stereocenters. The summed E-state index contributed by atoms with van der Waals surface area (Å²) in [4.78, 5) is 32.2. The Morgan fingerprint density at radius 1 is 1.23 bits per heavy atom. The van der Waals surface area contributed by atoms with Crippen molar-refractivity contribution in [3.8, 4) is 0 Å². The zero-order chi connectivity index (χ0) is 15.5. The third-order valence-electron chi connectivity index (χ3n) is 3.68. The first-order chi connectivity index (χ1) is 10.7. The van der Waals surface area contributed by atoms with Gasteiger partial charge in [-0.1, -0.05) is 6.07 Å². The number of nitrogens with zero attached hydrogens (tertiary/aromatic N) is 1. The van der Waals surface area contributed by atoms with Crippen LogP contribution in [-0.2, 0) is 16.0 Å². The van der Waals surface area contributed by atoms with Gasteiger partial charge in [-0.25, -0.2) is 9.78 Å². The molecular formula is C16H17N3O3. The molecule has 0 fully saturated rings. The maximum absolute atomic E-state index is 11.3. The normalized spacial score (nSPS) is 11.1. The van der Waals surface area contributed by atoms with Gasteiger partial charge in [-0.15, -0.1) is 0 Å². The topological polar surface area (TPSA) is 87.8 Å². The average Bonchev–Trinajstić information content (AvgIpc) is 2.87. The van der Waals surface area contributed by atoms with Crippen LogP contribution in [0.25, 0.3) is 22.1 Å². The Kier molecular flexibility index (Phi) is 3.91. The monoisotopic (exact) mass is 299 g/mol. The van der Waals surface area contributed by atoms with Crippen molar-refractivity contribution in [2.45, 2.75) is 25.7 Å². The van der Waals surface area contributed by atoms with Crippen LogP contribution in [0, 0.1) is 0 Å². The van der Waals surface area contributed by atoms with Gasteiger partial charge in [0.15, 0.2) is 5.65 Å². The third kappa shape index (κ3) is 3.00. The van der Waals surface area contributed by atoms with Gasteiger partial charge in [-0.05, 0) is 43.0 Å². The third-order valence-corrected chi connectivity index (χ3v) is 3.68. The van der Waals surface area contributed by atoms with Gasteiger partial charge in [-0.3, -0.25) is 9.78 Å². The van der Waals surface area contributed by atoms with Crippen LogP contribution < -0.4 is 5.69 Å². The number of hydrogen-bond acceptors (Lipinski definition) is 4. The molecule has 0 aliphatic heterocycles. The molecule has 6 heteroatoms. The number of fused-ring (bicyclic) bond motifs is 2. The van der Waals surface area contributed by atoms with E-state index in [9.17, 15) is 9.59 Å². The van der Waals surface area contributed by atoms with Crippen molar-refractivity contribution in [3.05, 3.63) is 40.3 Å². The largest absolute Gasteiger partial charge is 0.469 e. The van der Waals surface area contributed by atoms with Gasteiger partial charge in [0, 0.05) is 11.8 Å². The molecule has 0 amide bonds. The fourth-order valence-electron chi connectivity index (χ4n) is 2.53. The van der Waals surface area contributed by atoms with Crippen LogP contribution in [0.4, 0.5) is 0 Å². The Morgan fingerprint density at radius 2 is 2.09 bits per heavy atom. The van der Waals surface area contributed by atoms with Gasteiger partial charge in [0.1, 0.15) is 0 Å². The smallest absolute Gasteiger partial charge is 0.325 e. The standard InChI is InChI=1S/C16H17N3O3/c1-22-14(20)5-3-2-4-10-6-7-12-11(8-10)9-13-15(17-12)19-16(21)18-13/h6-9H,2-5H2,1H3,(H2,17,18,19,21). The lowest BCUT2D eigenvalue weighted by Crippen LogP contribution is -1.99. The fourth-order valence-corrected chi connectivity index (χ4v) is 2.53. The average molecular weight is 299 g/mol. The Morgan fingerprint density at radius 3 is 2.91 bits per heavy atom. The molecule has 0 bridgehead atoms. The molecule has 0 aliphatic rings. The minimum absolute atomic E-state index is 0.165. The second kappa shape index (κ2) is 6.01. The number of aromatic amines is 2. The lowest BCUT2D eigenvalue weighted by molar-refractivity contribution is -0.140. The molecule has 1 aromatic carbocycles. The number of carbonyl (C=O) groups is 1. The number of esters is 1. The first-order valence-corrected chi connectivity index (χ1v) is 7.24. The molecule has 0 saturated carbocycles. The molecule has 2 heterocycles. The number of aromatic nitrogens is 3. The number of unbranched alkanes of at least 4 members (excludes halogenated alkanes) is 1. The van der Waals surface area contributed by atoms with Crippen LogP contribution in [0.1, 0.15) is 24.8 Å². The van der Waals surface area contributed by atoms with Gasteiger partial charge in [0.2, 0.25) is 0 Å². The zero-order valence-corrected chi connectivity index (χ0v) is 12.3. The molecule has 0 aliphatic carbocycles. The number of hydrogen-bond donors (Lipinski definition) is 2. The van der Waals surface area contributed by atoms with Gasteiger partial charge >= 0.3 is 11.7 Å². The number of rotatable bonds is 5. The van der Waals surface area contributed by atoms with Crippen LogP contribution in [0.3, 0.4) is 0 Å². The van der Waals surface area contributed by atoms with Gasteiger partial charge in [0.05, 0.1) is 18.1 Å². The van der Waals surface area contributed by atoms with E-state index in [0.717, 1.165) is 30.2 Å². The van der Waals surface area contributed by atoms with Crippen LogP contribution in [0.5, 0.6) is 0 Å². The Hall–Kier alpha value is -2.63. The highest BCUT2D eigenvalue weighted by molar-refractivity contribution is 5.89. The molecule has 114 valence electrons. The number of imidazole rings is 1. The van der Waals surface area contributed by atoms with Crippen molar-refractivity contribution in [3.63, 3.8) is 0 Å². The molecule has 2 N–H and O–H groups in total. The van der Waals surface area contributed by atoms with Crippen LogP contribution in [-0.4, -0.2) is 28.0 Å². The van der Waals surface area contributed by atoms with E-state index >= 15 is 0 Å². The maximum Gasteiger partial charge on any atom is 0.325 e. The van der Waals surface area contributed by atoms with E-state index in [1.54, 1.807) is 0 Å². The summed E-state index contributed by atoms with van der Waals surface area (Å²) in [6.07, 6.45) is 3.09. The molecule has 3 aromatic rings. The Balaban J connectivity index is 1.75. The van der Waals surface area contributed by atoms with E-state index in [0.29, 0.717) is 17.6 Å². The molecule has 0 atom stereocenters. The van der Waals surface area contributed by atoms with Gasteiger partial charge in [-0.2, -0.15) is 0 Å². The molecule has 0 radical (unpaired) electrons. The number of ether oxygens (including phenoxy) is 1. The van der Waals surface area contributed by atoms with Crippen molar-refractivity contribution in [2.75, 3.05) is 7.11 Å². The lowest BCUT2D eigenvalue weighted by atomic mass is 10.0. The predicted octanol–water partition coefficient (Wildman–Crippen LogP) is 2.29. The molecule has 2 aromatic heterocycles. The van der Waals surface area contributed by atoms with Gasteiger partial charge in [0.25, 0.3) is 0 Å². The molecule has 0 spiro atoms. The molecule has 3 rings (SSSR count). The van der Waals surface area contributed by atoms with Crippen LogP contribution >= 0.6 is 0 Å². The number of methoxy groups -OCH3 is 1. The van der Waals surface area contributed by atoms with E-state index in [-0.39, 0.29) is 11.7 Å². The minimum Gasteiger partial charge on any atom is -0.469 e. The summed E-state index contributed by atoms with van der Waals surface area (Å²) < 4.78 is 4.62. The highest BCUT2D eigenvalue weighted by Gasteiger charge is 2.05. The van der Waals surface area contributed by atoms with E-state index < -0.39 is 0 Å². The van der Waals surface area contributed by atoms with Crippen molar-refractivity contribution in [2.24, 2.45) is 0 Å². The lowest BCUT2D eigenvalue weighted by Gasteiger charge is -2.04. The number of carbonyl (C=O) groups excluding carboxylic acids is 1. The number of benzene rings is 1. The van der Waals surface area contributed by atoms with Crippen molar-refractivity contribution < 1.29 is 9.53 Å². The van der Waals surface area contributed by atoms with E-state index in [4.69, 9.17) is 0 Å². The van der Waals surface area contributed by atoms with E-state index in [1.807, 2.05) is 18.2 Å². The molecule has 6 nitrogen and oxygen atoms in total. The SMILES string of the molecule is COC(=O)CCCCc1ccc2nc3[nH]c(=O)[nH]c3cc2c1. The summed E-state index contributed by atoms with van der Waals surface area (Å²) in [6, 6.07) is 7.98. The fraction of sp³-hybridized carbons (Fsp3) is 0.312. The molecular weight excluding hydrogens is 282 g/mol. The molecule has 22 heavy (non-hydrogen) atoms. The van der Waals surface area contributed by atoms with Crippen LogP contribution in [0.2, 0.25) is 0 Å². The van der Waals surface area contributed by atoms with Crippen molar-refractivity contribution in [1.29, 1.82) is 0 Å². The molecule has 0 saturated heterocycles. The Labute approximate surface area is 126 Å². The highest BCUT2D eigenvalue weighted by atomic mass is 16.5. The second-order valence-electron chi connectivity index (χ2n) is 5.27. The van der Waals surface area contributed by atoms with Crippen LogP contribution in [0.15, 0.2) is 29.1 Å². The summed E-state index contributed by atoms with van der Waals surface area (Å²) in [5.74, 6) is -0.165. The van der Waals surface area contributed by atoms with E-state index in [1.165, 1.54) is 12.7 Å². The summed E-state index contributed by atoms with van der Waals surface area (Å²) in [5.41, 5.74) is 3.07. The number of aryl methyl sites for hydroxylation is 1. The predicted molar refractivity (Wildman–Crippen MR) is 83.8 cm³/mol. The van der Waals surface area contributed by atoms with Crippen molar-refractivity contribution >= 4 is 28.0 Å². The first-order valence-electron chi connectivity index (χ1n) is 7.24. The quantitative estimate of drug-likeness (QED) is 0.559. The second-order valence-corrected chi connectivity index (χ2v) is 5.27. The summed E-state index contributed by atoms with van der Waals surface area (Å²) in [6.45, 7) is 0. The summed E-state index contributed by atoms with van der Waals surface area (Å²) >= 11 is 0. The summed E-state index contributed by atoms with van der Waals surface area (Å²) in [5, 5.41) is 0.994. The van der Waals surface area contributed by atoms with Gasteiger partial charge < -0.3 is 9.72 Å². The number of nitrogens with one attached hydrogen (secondary N) is 2. The maximum atomic E-state index is 11.3. The first kappa shape index (κ1) is 14.3. The summed E-state index contributed by atoms with van der Waals surface area (Å²) in [7, 11) is 1.41. The minimum atomic E-state index is -0.249.